The molecule has 0 saturated heterocycles. The van der Waals surface area contributed by atoms with E-state index in [4.69, 9.17) is 19.3 Å². The number of fused-ring (bicyclic) bond motifs is 1. The summed E-state index contributed by atoms with van der Waals surface area (Å²) in [5.41, 5.74) is 0.669. The average molecular weight is 545 g/mol. The Bertz CT molecular complexity index is 858. The summed E-state index contributed by atoms with van der Waals surface area (Å²) in [4.78, 5) is 12.2. The maximum Gasteiger partial charge on any atom is 0.306 e. The lowest BCUT2D eigenvalue weighted by atomic mass is 10.0. The molecule has 1 aliphatic heterocycles. The number of ether oxygens (including phenoxy) is 3. The summed E-state index contributed by atoms with van der Waals surface area (Å²) in [6.45, 7) is 9.71. The number of benzene rings is 1. The minimum atomic E-state index is -0.365. The van der Waals surface area contributed by atoms with E-state index in [1.54, 1.807) is 12.1 Å². The molecule has 1 aromatic carbocycles. The zero-order valence-electron chi connectivity index (χ0n) is 24.5. The van der Waals surface area contributed by atoms with E-state index in [-0.39, 0.29) is 30.5 Å². The smallest absolute Gasteiger partial charge is 0.306 e. The molecule has 1 aliphatic rings. The van der Waals surface area contributed by atoms with Gasteiger partial charge in [-0.15, -0.1) is 6.58 Å². The van der Waals surface area contributed by atoms with Gasteiger partial charge >= 0.3 is 5.97 Å². The third kappa shape index (κ3) is 16.8. The van der Waals surface area contributed by atoms with E-state index in [1.165, 1.54) is 44.6 Å². The van der Waals surface area contributed by atoms with Crippen molar-refractivity contribution in [1.29, 1.82) is 0 Å². The summed E-state index contributed by atoms with van der Waals surface area (Å²) >= 11 is 0. The van der Waals surface area contributed by atoms with Gasteiger partial charge in [0, 0.05) is 30.5 Å². The molecule has 1 atom stereocenters. The second-order valence-electron chi connectivity index (χ2n) is 10.2. The summed E-state index contributed by atoms with van der Waals surface area (Å²) in [5, 5.41) is 18.1. The Balaban J connectivity index is 0.00000177. The molecule has 6 nitrogen and oxygen atoms in total. The molecule has 0 radical (unpaired) electrons. The quantitative estimate of drug-likeness (QED) is 0.111. The maximum atomic E-state index is 12.2. The highest BCUT2D eigenvalue weighted by atomic mass is 16.6. The first kappa shape index (κ1) is 34.3. The molecule has 0 aromatic heterocycles. The Labute approximate surface area is 236 Å². The topological polar surface area (TPSA) is 85.2 Å². The van der Waals surface area contributed by atoms with Crippen LogP contribution in [0.5, 0.6) is 17.2 Å². The highest BCUT2D eigenvalue weighted by molar-refractivity contribution is 5.69. The number of rotatable bonds is 18. The Kier molecular flexibility index (Phi) is 19.5. The monoisotopic (exact) mass is 544 g/mol. The van der Waals surface area contributed by atoms with Gasteiger partial charge in [0.2, 0.25) is 0 Å². The van der Waals surface area contributed by atoms with E-state index in [0.717, 1.165) is 32.1 Å². The van der Waals surface area contributed by atoms with Crippen molar-refractivity contribution >= 4 is 5.97 Å². The van der Waals surface area contributed by atoms with E-state index in [2.05, 4.69) is 37.8 Å². The third-order valence-electron chi connectivity index (χ3n) is 6.15. The Morgan fingerprint density at radius 2 is 1.69 bits per heavy atom. The van der Waals surface area contributed by atoms with Gasteiger partial charge < -0.3 is 24.4 Å². The number of aromatic hydroxyl groups is 1. The number of aliphatic hydroxyl groups is 1. The maximum absolute atomic E-state index is 12.2. The van der Waals surface area contributed by atoms with Gasteiger partial charge in [0.05, 0.1) is 12.7 Å². The van der Waals surface area contributed by atoms with Crippen molar-refractivity contribution in [3.05, 3.63) is 54.7 Å². The molecule has 0 saturated carbocycles. The molecule has 220 valence electrons. The van der Waals surface area contributed by atoms with Crippen LogP contribution in [-0.4, -0.2) is 41.6 Å². The minimum absolute atomic E-state index is 0.0129. The van der Waals surface area contributed by atoms with Crippen molar-refractivity contribution < 1.29 is 29.2 Å². The second kappa shape index (κ2) is 22.1. The number of esters is 1. The summed E-state index contributed by atoms with van der Waals surface area (Å²) in [6.07, 6.45) is 23.8. The van der Waals surface area contributed by atoms with E-state index < -0.39 is 0 Å². The fraction of sp³-hybridized carbons (Fsp3) is 0.606. The highest BCUT2D eigenvalue weighted by Crippen LogP contribution is 2.37. The predicted octanol–water partition coefficient (Wildman–Crippen LogP) is 8.00. The molecule has 0 aliphatic carbocycles. The summed E-state index contributed by atoms with van der Waals surface area (Å²) in [6, 6.07) is 3.38. The van der Waals surface area contributed by atoms with E-state index in [0.29, 0.717) is 36.5 Å². The molecule has 1 aromatic rings. The molecule has 6 heteroatoms. The number of unbranched alkanes of at least 4 members (excludes halogenated alkanes) is 8. The summed E-state index contributed by atoms with van der Waals surface area (Å²) in [7, 11) is 0. The van der Waals surface area contributed by atoms with Gasteiger partial charge in [-0.05, 0) is 52.4 Å². The van der Waals surface area contributed by atoms with E-state index in [1.807, 2.05) is 13.8 Å². The lowest BCUT2D eigenvalue weighted by Crippen LogP contribution is -2.31. The number of phenolic OH excluding ortho intramolecular Hbond substituents is 1. The van der Waals surface area contributed by atoms with Crippen LogP contribution in [0.3, 0.4) is 0 Å². The molecule has 0 amide bonds. The summed E-state index contributed by atoms with van der Waals surface area (Å²) < 4.78 is 17.0. The molecule has 2 N–H and O–H groups in total. The zero-order chi connectivity index (χ0) is 28.7. The molecular weight excluding hydrogens is 492 g/mol. The number of aliphatic hydroxyl groups excluding tert-OH is 1. The van der Waals surface area contributed by atoms with Crippen LogP contribution in [0.25, 0.3) is 0 Å². The molecule has 1 heterocycles. The zero-order valence-corrected chi connectivity index (χ0v) is 24.5. The standard InChI is InChI=1S/C30H46O5.C3H6O/c1-4-5-6-7-8-9-10-11-12-13-14-15-16-17-18-19-30(32)35-26-20-27-28(31)21-25(34-24(2)3)22-29(27)33-23-26;1-2-3-4/h8-9,11-12,21-22,24,26,31H,4-7,10,13-20,23H2,1-3H3;2,4H,1,3H2/b9-8-,12-11-;. The number of hydrogen-bond donors (Lipinski definition) is 2. The van der Waals surface area contributed by atoms with Gasteiger partial charge in [-0.3, -0.25) is 4.79 Å². The Morgan fingerprint density at radius 1 is 1.05 bits per heavy atom. The second-order valence-corrected chi connectivity index (χ2v) is 10.2. The number of carbonyl (C=O) groups is 1. The van der Waals surface area contributed by atoms with Gasteiger partial charge in [-0.25, -0.2) is 0 Å². The molecule has 1 unspecified atom stereocenters. The molecule has 0 fully saturated rings. The van der Waals surface area contributed by atoms with Crippen LogP contribution in [0.2, 0.25) is 0 Å². The highest BCUT2D eigenvalue weighted by Gasteiger charge is 2.26. The predicted molar refractivity (Wildman–Crippen MR) is 160 cm³/mol. The first-order valence-electron chi connectivity index (χ1n) is 14.8. The van der Waals surface area contributed by atoms with Crippen molar-refractivity contribution in [2.24, 2.45) is 0 Å². The van der Waals surface area contributed by atoms with Crippen LogP contribution >= 0.6 is 0 Å². The third-order valence-corrected chi connectivity index (χ3v) is 6.15. The van der Waals surface area contributed by atoms with Crippen molar-refractivity contribution in [3.63, 3.8) is 0 Å². The van der Waals surface area contributed by atoms with Gasteiger partial charge in [0.15, 0.2) is 0 Å². The van der Waals surface area contributed by atoms with E-state index >= 15 is 0 Å². The number of carbonyl (C=O) groups excluding carboxylic acids is 1. The number of allylic oxidation sites excluding steroid dienone is 4. The van der Waals surface area contributed by atoms with Crippen molar-refractivity contribution in [2.45, 2.75) is 116 Å². The van der Waals surface area contributed by atoms with E-state index in [9.17, 15) is 9.90 Å². The lowest BCUT2D eigenvalue weighted by molar-refractivity contribution is -0.151. The minimum Gasteiger partial charge on any atom is -0.507 e. The fourth-order valence-corrected chi connectivity index (χ4v) is 4.15. The molecular formula is C33H52O6. The molecule has 39 heavy (non-hydrogen) atoms. The number of hydrogen-bond acceptors (Lipinski definition) is 6. The Morgan fingerprint density at radius 3 is 2.33 bits per heavy atom. The van der Waals surface area contributed by atoms with Gasteiger partial charge in [-0.2, -0.15) is 0 Å². The first-order chi connectivity index (χ1) is 18.9. The van der Waals surface area contributed by atoms with Gasteiger partial charge in [-0.1, -0.05) is 69.4 Å². The van der Waals surface area contributed by atoms with Crippen molar-refractivity contribution in [3.8, 4) is 17.2 Å². The van der Waals surface area contributed by atoms with Gasteiger partial charge in [0.1, 0.15) is 30.0 Å². The Hall–Kier alpha value is -2.73. The fourth-order valence-electron chi connectivity index (χ4n) is 4.15. The normalized spacial score (nSPS) is 14.5. The lowest BCUT2D eigenvalue weighted by Gasteiger charge is -2.26. The summed E-state index contributed by atoms with van der Waals surface area (Å²) in [5.74, 6) is 1.11. The van der Waals surface area contributed by atoms with Crippen LogP contribution in [0.1, 0.15) is 103 Å². The van der Waals surface area contributed by atoms with Crippen molar-refractivity contribution in [1.82, 2.24) is 0 Å². The molecule has 0 spiro atoms. The van der Waals surface area contributed by atoms with Crippen LogP contribution in [0.15, 0.2) is 49.1 Å². The van der Waals surface area contributed by atoms with Crippen LogP contribution in [0.4, 0.5) is 0 Å². The average Bonchev–Trinajstić information content (AvgIpc) is 2.91. The number of phenols is 1. The van der Waals surface area contributed by atoms with Crippen LogP contribution in [0, 0.1) is 0 Å². The van der Waals surface area contributed by atoms with Gasteiger partial charge in [0.25, 0.3) is 0 Å². The molecule has 2 rings (SSSR count). The molecule has 0 bridgehead atoms. The van der Waals surface area contributed by atoms with Crippen molar-refractivity contribution in [2.75, 3.05) is 13.2 Å². The SMILES string of the molecule is C=CCO.CCCCC/C=C\C/C=C\CCCCCCCC(=O)OC1COc2cc(OC(C)C)cc(O)c2C1. The first-order valence-corrected chi connectivity index (χ1v) is 14.8. The van der Waals surface area contributed by atoms with Crippen LogP contribution < -0.4 is 9.47 Å². The largest absolute Gasteiger partial charge is 0.507 e. The van der Waals surface area contributed by atoms with Crippen LogP contribution in [-0.2, 0) is 16.0 Å².